The molecule has 0 aliphatic rings. The summed E-state index contributed by atoms with van der Waals surface area (Å²) >= 11 is 0. The minimum atomic E-state index is 0.209. The Morgan fingerprint density at radius 2 is 1.65 bits per heavy atom. The van der Waals surface area contributed by atoms with E-state index < -0.39 is 0 Å². The molecule has 0 aliphatic carbocycles. The molecule has 0 atom stereocenters. The number of rotatable bonds is 3. The van der Waals surface area contributed by atoms with Crippen molar-refractivity contribution in [2.75, 3.05) is 5.32 Å². The number of nitrogens with one attached hydrogen (secondary N) is 1. The molecule has 0 aromatic heterocycles. The highest BCUT2D eigenvalue weighted by Gasteiger charge is 2.12. The van der Waals surface area contributed by atoms with Crippen LogP contribution >= 0.6 is 0 Å². The first-order chi connectivity index (χ1) is 7.84. The van der Waals surface area contributed by atoms with Gasteiger partial charge in [0, 0.05) is 11.4 Å². The van der Waals surface area contributed by atoms with Gasteiger partial charge in [-0.1, -0.05) is 45.6 Å². The normalized spacial score (nSPS) is 13.0. The third kappa shape index (κ3) is 3.77. The van der Waals surface area contributed by atoms with Gasteiger partial charge < -0.3 is 5.32 Å². The molecule has 17 heavy (non-hydrogen) atoms. The zero-order valence-electron chi connectivity index (χ0n) is 11.6. The molecule has 0 radical (unpaired) electrons. The zero-order chi connectivity index (χ0) is 13.1. The van der Waals surface area contributed by atoms with Gasteiger partial charge in [0.05, 0.1) is 0 Å². The minimum absolute atomic E-state index is 0.209. The smallest absolute Gasteiger partial charge is 0.0381 e. The summed E-state index contributed by atoms with van der Waals surface area (Å²) < 4.78 is 0. The fraction of sp³-hybridized carbons (Fsp3) is 0.375. The van der Waals surface area contributed by atoms with Crippen LogP contribution in [0.1, 0.15) is 40.2 Å². The Hall–Kier alpha value is -1.50. The van der Waals surface area contributed by atoms with Crippen molar-refractivity contribution in [1.82, 2.24) is 0 Å². The Bertz CT molecular complexity index is 416. The van der Waals surface area contributed by atoms with Gasteiger partial charge in [0.1, 0.15) is 0 Å². The summed E-state index contributed by atoms with van der Waals surface area (Å²) in [6.07, 6.45) is 1.87. The van der Waals surface area contributed by atoms with E-state index in [1.807, 2.05) is 6.08 Å². The van der Waals surface area contributed by atoms with Crippen molar-refractivity contribution in [2.45, 2.75) is 40.0 Å². The van der Waals surface area contributed by atoms with E-state index in [4.69, 9.17) is 0 Å². The molecule has 1 rings (SSSR count). The van der Waals surface area contributed by atoms with Gasteiger partial charge in [0.15, 0.2) is 0 Å². The third-order valence-electron chi connectivity index (χ3n) is 2.98. The van der Waals surface area contributed by atoms with Gasteiger partial charge in [-0.25, -0.2) is 0 Å². The van der Waals surface area contributed by atoms with Crippen LogP contribution in [0.2, 0.25) is 0 Å². The molecule has 0 heterocycles. The summed E-state index contributed by atoms with van der Waals surface area (Å²) in [5, 5.41) is 3.38. The van der Waals surface area contributed by atoms with E-state index in [-0.39, 0.29) is 5.41 Å². The Morgan fingerprint density at radius 1 is 1.12 bits per heavy atom. The van der Waals surface area contributed by atoms with E-state index >= 15 is 0 Å². The molecule has 0 amide bonds. The maximum Gasteiger partial charge on any atom is 0.0381 e. The Balaban J connectivity index is 2.87. The van der Waals surface area contributed by atoms with E-state index in [0.29, 0.717) is 0 Å². The maximum atomic E-state index is 3.77. The average Bonchev–Trinajstić information content (AvgIpc) is 2.27. The first kappa shape index (κ1) is 13.6. The summed E-state index contributed by atoms with van der Waals surface area (Å²) in [7, 11) is 0. The first-order valence-corrected chi connectivity index (χ1v) is 6.02. The lowest BCUT2D eigenvalue weighted by molar-refractivity contribution is 0.590. The van der Waals surface area contributed by atoms with Crippen molar-refractivity contribution < 1.29 is 0 Å². The fourth-order valence-electron chi connectivity index (χ4n) is 1.52. The second kappa shape index (κ2) is 5.22. The summed E-state index contributed by atoms with van der Waals surface area (Å²) in [6, 6.07) is 8.61. The standard InChI is InChI=1S/C16H23N/c1-7-12(2)13(3)17-15-10-8-14(9-11-15)16(4,5)6/h7-11,17H,1H2,2-6H3/b13-12+. The van der Waals surface area contributed by atoms with Crippen LogP contribution < -0.4 is 5.32 Å². The fourth-order valence-corrected chi connectivity index (χ4v) is 1.52. The second-order valence-electron chi connectivity index (χ2n) is 5.46. The van der Waals surface area contributed by atoms with Crippen molar-refractivity contribution in [3.8, 4) is 0 Å². The molecule has 0 bridgehead atoms. The Labute approximate surface area is 105 Å². The molecule has 1 heteroatoms. The van der Waals surface area contributed by atoms with Crippen LogP contribution in [-0.4, -0.2) is 0 Å². The second-order valence-corrected chi connectivity index (χ2v) is 5.46. The van der Waals surface area contributed by atoms with Gasteiger partial charge in [-0.15, -0.1) is 0 Å². The summed E-state index contributed by atoms with van der Waals surface area (Å²) in [5.74, 6) is 0. The molecule has 1 N–H and O–H groups in total. The van der Waals surface area contributed by atoms with Gasteiger partial charge in [-0.2, -0.15) is 0 Å². The molecular weight excluding hydrogens is 206 g/mol. The van der Waals surface area contributed by atoms with Crippen LogP contribution in [0.25, 0.3) is 0 Å². The van der Waals surface area contributed by atoms with Gasteiger partial charge in [0.25, 0.3) is 0 Å². The van der Waals surface area contributed by atoms with Gasteiger partial charge >= 0.3 is 0 Å². The van der Waals surface area contributed by atoms with Crippen molar-refractivity contribution >= 4 is 5.69 Å². The maximum absolute atomic E-state index is 3.77. The van der Waals surface area contributed by atoms with Crippen molar-refractivity contribution in [3.63, 3.8) is 0 Å². The average molecular weight is 229 g/mol. The van der Waals surface area contributed by atoms with Gasteiger partial charge in [0.2, 0.25) is 0 Å². The summed E-state index contributed by atoms with van der Waals surface area (Å²) in [5.41, 5.74) is 5.00. The molecule has 1 aromatic carbocycles. The van der Waals surface area contributed by atoms with Gasteiger partial charge in [-0.05, 0) is 42.5 Å². The number of hydrogen-bond donors (Lipinski definition) is 1. The largest absolute Gasteiger partial charge is 0.359 e. The van der Waals surface area contributed by atoms with Crippen LogP contribution in [0.3, 0.4) is 0 Å². The number of allylic oxidation sites excluding steroid dienone is 3. The lowest BCUT2D eigenvalue weighted by Gasteiger charge is -2.19. The summed E-state index contributed by atoms with van der Waals surface area (Å²) in [4.78, 5) is 0. The van der Waals surface area contributed by atoms with Gasteiger partial charge in [-0.3, -0.25) is 0 Å². The molecule has 92 valence electrons. The van der Waals surface area contributed by atoms with Crippen molar-refractivity contribution in [2.24, 2.45) is 0 Å². The number of hydrogen-bond acceptors (Lipinski definition) is 1. The van der Waals surface area contributed by atoms with Crippen LogP contribution in [0.15, 0.2) is 48.2 Å². The molecule has 1 nitrogen and oxygen atoms in total. The first-order valence-electron chi connectivity index (χ1n) is 6.02. The van der Waals surface area contributed by atoms with Crippen LogP contribution in [0.5, 0.6) is 0 Å². The van der Waals surface area contributed by atoms with E-state index in [0.717, 1.165) is 11.4 Å². The zero-order valence-corrected chi connectivity index (χ0v) is 11.6. The molecule has 0 spiro atoms. The predicted octanol–water partition coefficient (Wildman–Crippen LogP) is 4.88. The lowest BCUT2D eigenvalue weighted by atomic mass is 9.87. The quantitative estimate of drug-likeness (QED) is 0.729. The molecule has 0 unspecified atom stereocenters. The highest BCUT2D eigenvalue weighted by atomic mass is 14.9. The van der Waals surface area contributed by atoms with Crippen LogP contribution in [0.4, 0.5) is 5.69 Å². The van der Waals surface area contributed by atoms with Crippen LogP contribution in [-0.2, 0) is 5.41 Å². The molecule has 0 fully saturated rings. The lowest BCUT2D eigenvalue weighted by Crippen LogP contribution is -2.10. The molecular formula is C16H23N. The van der Waals surface area contributed by atoms with Crippen LogP contribution in [0, 0.1) is 0 Å². The molecule has 0 saturated carbocycles. The molecule has 0 saturated heterocycles. The number of anilines is 1. The van der Waals surface area contributed by atoms with E-state index in [1.165, 1.54) is 11.1 Å². The number of benzene rings is 1. The highest BCUT2D eigenvalue weighted by molar-refractivity contribution is 5.51. The minimum Gasteiger partial charge on any atom is -0.359 e. The Morgan fingerprint density at radius 3 is 2.06 bits per heavy atom. The molecule has 1 aromatic rings. The van der Waals surface area contributed by atoms with E-state index in [1.54, 1.807) is 0 Å². The van der Waals surface area contributed by atoms with E-state index in [2.05, 4.69) is 70.8 Å². The highest BCUT2D eigenvalue weighted by Crippen LogP contribution is 2.24. The summed E-state index contributed by atoms with van der Waals surface area (Å²) in [6.45, 7) is 14.6. The predicted molar refractivity (Wildman–Crippen MR) is 77.3 cm³/mol. The van der Waals surface area contributed by atoms with Crippen molar-refractivity contribution in [3.05, 3.63) is 53.8 Å². The van der Waals surface area contributed by atoms with Crippen molar-refractivity contribution in [1.29, 1.82) is 0 Å². The Kier molecular flexibility index (Phi) is 4.17. The monoisotopic (exact) mass is 229 g/mol. The molecule has 0 aliphatic heterocycles. The topological polar surface area (TPSA) is 12.0 Å². The third-order valence-corrected chi connectivity index (χ3v) is 2.98. The SMILES string of the molecule is C=C/C(C)=C(\C)Nc1ccc(C(C)(C)C)cc1. The van der Waals surface area contributed by atoms with E-state index in [9.17, 15) is 0 Å².